The minimum atomic E-state index is 0.147. The SMILES string of the molecule is Cc1ccccc1-c1cc(-c2ccc3c(c2)-c2c(cccc2-c2ccc(-c4nc5ccccn5c4-c4ccccc4)cc2)B3c2ccccc2)ccc1CCc1ccccc1. The summed E-state index contributed by atoms with van der Waals surface area (Å²) in [7, 11) is 0. The Balaban J connectivity index is 1.02. The number of rotatable bonds is 9. The van der Waals surface area contributed by atoms with Gasteiger partial charge in [-0.1, -0.05) is 204 Å². The molecule has 0 saturated carbocycles. The first-order valence-electron chi connectivity index (χ1n) is 21.4. The van der Waals surface area contributed by atoms with E-state index in [2.05, 4.69) is 230 Å². The zero-order valence-corrected chi connectivity index (χ0v) is 34.2. The van der Waals surface area contributed by atoms with Gasteiger partial charge >= 0.3 is 0 Å². The third-order valence-corrected chi connectivity index (χ3v) is 12.6. The molecule has 0 spiro atoms. The molecule has 1 aliphatic rings. The molecule has 288 valence electrons. The Kier molecular flexibility index (Phi) is 9.36. The van der Waals surface area contributed by atoms with Crippen LogP contribution in [0.25, 0.3) is 72.7 Å². The van der Waals surface area contributed by atoms with Crippen LogP contribution in [0.5, 0.6) is 0 Å². The number of pyridine rings is 1. The lowest BCUT2D eigenvalue weighted by molar-refractivity contribution is 0.962. The summed E-state index contributed by atoms with van der Waals surface area (Å²) in [5, 5.41) is 0. The second-order valence-corrected chi connectivity index (χ2v) is 16.3. The summed E-state index contributed by atoms with van der Waals surface area (Å²) in [5.74, 6) is 0. The molecule has 3 heterocycles. The predicted octanol–water partition coefficient (Wildman–Crippen LogP) is 12.3. The van der Waals surface area contributed by atoms with Gasteiger partial charge in [0.25, 0.3) is 0 Å². The van der Waals surface area contributed by atoms with Crippen LogP contribution < -0.4 is 16.4 Å². The molecule has 0 unspecified atom stereocenters. The third-order valence-electron chi connectivity index (χ3n) is 12.6. The summed E-state index contributed by atoms with van der Waals surface area (Å²) in [6, 6.07) is 77.7. The number of fused-ring (bicyclic) bond motifs is 4. The van der Waals surface area contributed by atoms with Crippen LogP contribution in [0.15, 0.2) is 219 Å². The maximum atomic E-state index is 5.15. The Labute approximate surface area is 358 Å². The van der Waals surface area contributed by atoms with Crippen LogP contribution in [-0.2, 0) is 12.8 Å². The summed E-state index contributed by atoms with van der Waals surface area (Å²) in [6.45, 7) is 2.38. The fraction of sp³-hybridized carbons (Fsp3) is 0.0517. The normalized spacial score (nSPS) is 11.8. The molecule has 0 bridgehead atoms. The van der Waals surface area contributed by atoms with Gasteiger partial charge in [-0.05, 0) is 105 Å². The van der Waals surface area contributed by atoms with Gasteiger partial charge in [0.2, 0.25) is 6.71 Å². The van der Waals surface area contributed by atoms with Gasteiger partial charge in [-0.3, -0.25) is 4.40 Å². The fourth-order valence-electron chi connectivity index (χ4n) is 9.63. The van der Waals surface area contributed by atoms with Gasteiger partial charge in [-0.15, -0.1) is 0 Å². The quantitative estimate of drug-likeness (QED) is 0.133. The van der Waals surface area contributed by atoms with Gasteiger partial charge < -0.3 is 0 Å². The summed E-state index contributed by atoms with van der Waals surface area (Å²) in [5.41, 5.74) is 23.5. The lowest BCUT2D eigenvalue weighted by Gasteiger charge is -2.16. The second kappa shape index (κ2) is 15.6. The first kappa shape index (κ1) is 36.6. The summed E-state index contributed by atoms with van der Waals surface area (Å²) < 4.78 is 2.20. The Hall–Kier alpha value is -7.49. The van der Waals surface area contributed by atoms with Crippen LogP contribution in [0.3, 0.4) is 0 Å². The highest BCUT2D eigenvalue weighted by atomic mass is 15.0. The molecule has 0 radical (unpaired) electrons. The van der Waals surface area contributed by atoms with Crippen molar-refractivity contribution in [3.8, 4) is 67.0 Å². The van der Waals surface area contributed by atoms with E-state index in [9.17, 15) is 0 Å². The van der Waals surface area contributed by atoms with Crippen LogP contribution >= 0.6 is 0 Å². The van der Waals surface area contributed by atoms with Crippen molar-refractivity contribution in [2.24, 2.45) is 0 Å². The molecule has 0 amide bonds. The van der Waals surface area contributed by atoms with Crippen molar-refractivity contribution in [2.75, 3.05) is 0 Å². The number of nitrogens with zero attached hydrogens (tertiary/aromatic N) is 2. The molecule has 1 aliphatic heterocycles. The Morgan fingerprint density at radius 3 is 1.87 bits per heavy atom. The van der Waals surface area contributed by atoms with Gasteiger partial charge in [-0.25, -0.2) is 4.98 Å². The van der Waals surface area contributed by atoms with E-state index in [1.807, 2.05) is 0 Å². The van der Waals surface area contributed by atoms with Crippen LogP contribution in [0.2, 0.25) is 0 Å². The molecule has 10 aromatic rings. The van der Waals surface area contributed by atoms with Gasteiger partial charge in [0.1, 0.15) is 5.65 Å². The maximum Gasteiger partial charge on any atom is 0.242 e. The van der Waals surface area contributed by atoms with Crippen molar-refractivity contribution in [3.63, 3.8) is 0 Å². The molecule has 0 N–H and O–H groups in total. The molecule has 3 heteroatoms. The maximum absolute atomic E-state index is 5.15. The molecule has 2 nitrogen and oxygen atoms in total. The van der Waals surface area contributed by atoms with Crippen molar-refractivity contribution in [3.05, 3.63) is 235 Å². The van der Waals surface area contributed by atoms with Gasteiger partial charge in [-0.2, -0.15) is 0 Å². The van der Waals surface area contributed by atoms with Gasteiger partial charge in [0.05, 0.1) is 11.4 Å². The number of imidazole rings is 1. The number of aromatic nitrogens is 2. The largest absolute Gasteiger partial charge is 0.299 e. The van der Waals surface area contributed by atoms with Crippen molar-refractivity contribution >= 4 is 28.7 Å². The zero-order chi connectivity index (χ0) is 40.7. The Bertz CT molecular complexity index is 3190. The summed E-state index contributed by atoms with van der Waals surface area (Å²) in [4.78, 5) is 5.15. The van der Waals surface area contributed by atoms with Gasteiger partial charge in [0, 0.05) is 17.3 Å². The van der Waals surface area contributed by atoms with E-state index >= 15 is 0 Å². The highest BCUT2D eigenvalue weighted by molar-refractivity contribution is 6.99. The number of benzene rings is 8. The van der Waals surface area contributed by atoms with E-state index in [1.165, 1.54) is 77.6 Å². The highest BCUT2D eigenvalue weighted by Gasteiger charge is 2.35. The predicted molar refractivity (Wildman–Crippen MR) is 257 cm³/mol. The monoisotopic (exact) mass is 778 g/mol. The second-order valence-electron chi connectivity index (χ2n) is 16.3. The first-order chi connectivity index (χ1) is 30.2. The average Bonchev–Trinajstić information content (AvgIpc) is 3.88. The summed E-state index contributed by atoms with van der Waals surface area (Å²) >= 11 is 0. The zero-order valence-electron chi connectivity index (χ0n) is 34.2. The topological polar surface area (TPSA) is 17.3 Å². The van der Waals surface area contributed by atoms with Crippen molar-refractivity contribution in [1.82, 2.24) is 9.38 Å². The molecule has 11 rings (SSSR count). The van der Waals surface area contributed by atoms with Gasteiger partial charge in [0.15, 0.2) is 0 Å². The molecule has 0 fully saturated rings. The van der Waals surface area contributed by atoms with E-state index in [-0.39, 0.29) is 6.71 Å². The average molecular weight is 779 g/mol. The molecule has 2 aromatic heterocycles. The highest BCUT2D eigenvalue weighted by Crippen LogP contribution is 2.39. The van der Waals surface area contributed by atoms with Crippen LogP contribution in [-0.4, -0.2) is 16.1 Å². The molecule has 0 saturated heterocycles. The smallest absolute Gasteiger partial charge is 0.242 e. The van der Waals surface area contributed by atoms with Crippen molar-refractivity contribution < 1.29 is 0 Å². The van der Waals surface area contributed by atoms with E-state index in [0.29, 0.717) is 0 Å². The third kappa shape index (κ3) is 6.69. The minimum absolute atomic E-state index is 0.147. The fourth-order valence-corrected chi connectivity index (χ4v) is 9.63. The molecule has 0 atom stereocenters. The van der Waals surface area contributed by atoms with E-state index < -0.39 is 0 Å². The van der Waals surface area contributed by atoms with Crippen molar-refractivity contribution in [1.29, 1.82) is 0 Å². The van der Waals surface area contributed by atoms with E-state index in [1.54, 1.807) is 0 Å². The standard InChI is InChI=1S/C58H43BN2/c1-40-16-11-12-23-49(40)51-38-46(34-31-43(51)28-27-41-17-5-2-6-18-41)47-35-36-53-52(39-47)56-50(24-15-25-54(56)59(53)48-21-9-4-10-22-48)42-29-32-44(33-30-42)57-58(45-19-7-3-8-20-45)61-37-14-13-26-55(61)60-57/h2-26,29-39H,27-28H2,1H3. The first-order valence-corrected chi connectivity index (χ1v) is 21.4. The number of aryl methyl sites for hydroxylation is 3. The molecular weight excluding hydrogens is 735 g/mol. The lowest BCUT2D eigenvalue weighted by atomic mass is 9.39. The van der Waals surface area contributed by atoms with E-state index in [4.69, 9.17) is 4.98 Å². The molecular formula is C58H43BN2. The number of hydrogen-bond donors (Lipinski definition) is 0. The Morgan fingerprint density at radius 1 is 0.443 bits per heavy atom. The van der Waals surface area contributed by atoms with Crippen molar-refractivity contribution in [2.45, 2.75) is 19.8 Å². The number of hydrogen-bond acceptors (Lipinski definition) is 1. The van der Waals surface area contributed by atoms with E-state index in [0.717, 1.165) is 41.0 Å². The Morgan fingerprint density at radius 2 is 1.08 bits per heavy atom. The molecule has 61 heavy (non-hydrogen) atoms. The van der Waals surface area contributed by atoms with Crippen LogP contribution in [0, 0.1) is 6.92 Å². The van der Waals surface area contributed by atoms with Crippen LogP contribution in [0.4, 0.5) is 0 Å². The molecule has 0 aliphatic carbocycles. The lowest BCUT2D eigenvalue weighted by Crippen LogP contribution is -2.48. The minimum Gasteiger partial charge on any atom is -0.299 e. The summed E-state index contributed by atoms with van der Waals surface area (Å²) in [6.07, 6.45) is 4.10. The molecule has 8 aromatic carbocycles. The van der Waals surface area contributed by atoms with Crippen LogP contribution in [0.1, 0.15) is 16.7 Å².